The summed E-state index contributed by atoms with van der Waals surface area (Å²) in [5.74, 6) is 0.932. The molecule has 0 aromatic heterocycles. The number of hydrogen-bond acceptors (Lipinski definition) is 5. The maximum absolute atomic E-state index is 5.89. The van der Waals surface area contributed by atoms with Crippen LogP contribution in [0.5, 0.6) is 5.75 Å². The Kier molecular flexibility index (Phi) is 7.52. The van der Waals surface area contributed by atoms with Crippen LogP contribution in [-0.2, 0) is 31.0 Å². The predicted octanol–water partition coefficient (Wildman–Crippen LogP) is 3.53. The van der Waals surface area contributed by atoms with Crippen molar-refractivity contribution in [1.82, 2.24) is 0 Å². The van der Waals surface area contributed by atoms with Gasteiger partial charge in [-0.05, 0) is 51.3 Å². The quantitative estimate of drug-likeness (QED) is 0.610. The van der Waals surface area contributed by atoms with Gasteiger partial charge in [0, 0.05) is 31.4 Å². The molecule has 1 aliphatic rings. The molecule has 0 fully saturated rings. The van der Waals surface area contributed by atoms with Gasteiger partial charge in [0.1, 0.15) is 5.75 Å². The summed E-state index contributed by atoms with van der Waals surface area (Å²) in [5.41, 5.74) is 2.40. The average molecular weight is 340 g/mol. The maximum Gasteiger partial charge on any atom is 0.500 e. The second-order valence-electron chi connectivity index (χ2n) is 5.39. The molecule has 6 heteroatoms. The molecule has 5 nitrogen and oxygen atoms in total. The fourth-order valence-corrected chi connectivity index (χ4v) is 5.42. The highest BCUT2D eigenvalue weighted by Crippen LogP contribution is 2.26. The van der Waals surface area contributed by atoms with Crippen LogP contribution < -0.4 is 4.74 Å². The van der Waals surface area contributed by atoms with Gasteiger partial charge in [-0.25, -0.2) is 0 Å². The standard InChI is InChI=1S/C17H28O5Si/c1-4-20-23(21-5-2,22-6-3)11-7-8-15-9-10-17-16(12-15)13-18-14-19-17/h9-10,12H,4-8,11,13-14H2,1-3H3. The third-order valence-electron chi connectivity index (χ3n) is 3.72. The molecule has 0 spiro atoms. The van der Waals surface area contributed by atoms with E-state index in [4.69, 9.17) is 22.8 Å². The molecular weight excluding hydrogens is 312 g/mol. The fraction of sp³-hybridized carbons (Fsp3) is 0.647. The number of ether oxygens (including phenoxy) is 2. The minimum atomic E-state index is -2.53. The van der Waals surface area contributed by atoms with E-state index in [9.17, 15) is 0 Å². The van der Waals surface area contributed by atoms with Crippen molar-refractivity contribution in [2.24, 2.45) is 0 Å². The van der Waals surface area contributed by atoms with Crippen LogP contribution in [-0.4, -0.2) is 35.4 Å². The summed E-state index contributed by atoms with van der Waals surface area (Å²) < 4.78 is 28.5. The van der Waals surface area contributed by atoms with Crippen molar-refractivity contribution in [1.29, 1.82) is 0 Å². The van der Waals surface area contributed by atoms with E-state index in [1.54, 1.807) is 0 Å². The molecule has 0 unspecified atom stereocenters. The summed E-state index contributed by atoms with van der Waals surface area (Å²) in [6.07, 6.45) is 1.95. The van der Waals surface area contributed by atoms with E-state index < -0.39 is 8.80 Å². The molecule has 1 aromatic rings. The minimum Gasteiger partial charge on any atom is -0.467 e. The third-order valence-corrected chi connectivity index (χ3v) is 6.87. The van der Waals surface area contributed by atoms with Crippen LogP contribution in [0.15, 0.2) is 18.2 Å². The fourth-order valence-electron chi connectivity index (χ4n) is 2.81. The van der Waals surface area contributed by atoms with Crippen molar-refractivity contribution < 1.29 is 22.8 Å². The summed E-state index contributed by atoms with van der Waals surface area (Å²) in [6.45, 7) is 8.81. The highest BCUT2D eigenvalue weighted by molar-refractivity contribution is 6.60. The van der Waals surface area contributed by atoms with Gasteiger partial charge in [0.05, 0.1) is 6.61 Å². The first-order chi connectivity index (χ1) is 11.2. The molecule has 2 rings (SSSR count). The SMILES string of the molecule is CCO[Si](CCCc1ccc2c(c1)COCO2)(OCC)OCC. The molecule has 1 aromatic carbocycles. The summed E-state index contributed by atoms with van der Waals surface area (Å²) >= 11 is 0. The van der Waals surface area contributed by atoms with Gasteiger partial charge in [-0.15, -0.1) is 0 Å². The molecule has 0 atom stereocenters. The van der Waals surface area contributed by atoms with E-state index in [1.165, 1.54) is 5.56 Å². The summed E-state index contributed by atoms with van der Waals surface area (Å²) in [5, 5.41) is 0. The van der Waals surface area contributed by atoms with Gasteiger partial charge < -0.3 is 22.8 Å². The first kappa shape index (κ1) is 18.4. The van der Waals surface area contributed by atoms with E-state index in [1.807, 2.05) is 26.8 Å². The molecule has 1 aliphatic heterocycles. The maximum atomic E-state index is 5.89. The number of hydrogen-bond donors (Lipinski definition) is 0. The van der Waals surface area contributed by atoms with E-state index in [2.05, 4.69) is 12.1 Å². The molecule has 0 saturated heterocycles. The first-order valence-electron chi connectivity index (χ1n) is 8.47. The molecule has 0 amide bonds. The monoisotopic (exact) mass is 340 g/mol. The van der Waals surface area contributed by atoms with E-state index in [-0.39, 0.29) is 0 Å². The minimum absolute atomic E-state index is 0.345. The van der Waals surface area contributed by atoms with Crippen LogP contribution in [0.4, 0.5) is 0 Å². The second-order valence-corrected chi connectivity index (χ2v) is 8.12. The van der Waals surface area contributed by atoms with E-state index in [0.717, 1.165) is 30.2 Å². The Bertz CT molecular complexity index is 463. The Morgan fingerprint density at radius 1 is 1.04 bits per heavy atom. The first-order valence-corrected chi connectivity index (χ1v) is 10.4. The molecule has 0 aliphatic carbocycles. The molecule has 1 heterocycles. The van der Waals surface area contributed by atoms with E-state index >= 15 is 0 Å². The zero-order valence-corrected chi connectivity index (χ0v) is 15.4. The third kappa shape index (κ3) is 5.29. The lowest BCUT2D eigenvalue weighted by atomic mass is 10.1. The summed E-state index contributed by atoms with van der Waals surface area (Å²) in [6, 6.07) is 7.16. The van der Waals surface area contributed by atoms with Crippen molar-refractivity contribution in [3.05, 3.63) is 29.3 Å². The van der Waals surface area contributed by atoms with Crippen molar-refractivity contribution in [3.63, 3.8) is 0 Å². The molecule has 0 saturated carbocycles. The van der Waals surface area contributed by atoms with Crippen molar-refractivity contribution >= 4 is 8.80 Å². The average Bonchev–Trinajstić information content (AvgIpc) is 2.55. The van der Waals surface area contributed by atoms with Crippen LogP contribution in [0.3, 0.4) is 0 Å². The van der Waals surface area contributed by atoms with Crippen LogP contribution >= 0.6 is 0 Å². The smallest absolute Gasteiger partial charge is 0.467 e. The van der Waals surface area contributed by atoms with Gasteiger partial charge in [0.15, 0.2) is 6.79 Å². The molecule has 0 radical (unpaired) electrons. The summed E-state index contributed by atoms with van der Waals surface area (Å²) in [7, 11) is -2.53. The van der Waals surface area contributed by atoms with Crippen LogP contribution in [0, 0.1) is 0 Å². The van der Waals surface area contributed by atoms with Crippen molar-refractivity contribution in [2.45, 2.75) is 46.3 Å². The zero-order chi connectivity index (χ0) is 16.5. The van der Waals surface area contributed by atoms with Crippen molar-refractivity contribution in [3.8, 4) is 5.75 Å². The number of benzene rings is 1. The highest BCUT2D eigenvalue weighted by Gasteiger charge is 2.39. The van der Waals surface area contributed by atoms with Crippen molar-refractivity contribution in [2.75, 3.05) is 26.6 Å². The lowest BCUT2D eigenvalue weighted by Gasteiger charge is -2.28. The van der Waals surface area contributed by atoms with Gasteiger partial charge in [-0.3, -0.25) is 0 Å². The lowest BCUT2D eigenvalue weighted by molar-refractivity contribution is -0.0164. The molecule has 0 bridgehead atoms. The lowest BCUT2D eigenvalue weighted by Crippen LogP contribution is -2.46. The van der Waals surface area contributed by atoms with Gasteiger partial charge >= 0.3 is 8.80 Å². The number of rotatable bonds is 10. The molecular formula is C17H28O5Si. The largest absolute Gasteiger partial charge is 0.500 e. The number of aryl methyl sites for hydroxylation is 1. The van der Waals surface area contributed by atoms with Crippen LogP contribution in [0.1, 0.15) is 38.3 Å². The Balaban J connectivity index is 1.93. The topological polar surface area (TPSA) is 46.2 Å². The molecule has 130 valence electrons. The van der Waals surface area contributed by atoms with Crippen LogP contribution in [0.2, 0.25) is 6.04 Å². The van der Waals surface area contributed by atoms with Crippen LogP contribution in [0.25, 0.3) is 0 Å². The Labute approximate surface area is 140 Å². The predicted molar refractivity (Wildman–Crippen MR) is 90.5 cm³/mol. The Morgan fingerprint density at radius 3 is 2.39 bits per heavy atom. The number of fused-ring (bicyclic) bond motifs is 1. The zero-order valence-electron chi connectivity index (χ0n) is 14.4. The Hall–Kier alpha value is -0.923. The van der Waals surface area contributed by atoms with E-state index in [0.29, 0.717) is 33.2 Å². The van der Waals surface area contributed by atoms with Gasteiger partial charge in [-0.1, -0.05) is 6.07 Å². The van der Waals surface area contributed by atoms with Gasteiger partial charge in [0.25, 0.3) is 0 Å². The molecule has 23 heavy (non-hydrogen) atoms. The molecule has 0 N–H and O–H groups in total. The van der Waals surface area contributed by atoms with Gasteiger partial charge in [0.2, 0.25) is 0 Å². The summed E-state index contributed by atoms with van der Waals surface area (Å²) in [4.78, 5) is 0. The second kappa shape index (κ2) is 9.39. The highest BCUT2D eigenvalue weighted by atomic mass is 28.4. The van der Waals surface area contributed by atoms with Gasteiger partial charge in [-0.2, -0.15) is 0 Å². The normalized spacial score (nSPS) is 14.4. The Morgan fingerprint density at radius 2 is 1.74 bits per heavy atom.